The average molecular weight is 305 g/mol. The second-order valence-corrected chi connectivity index (χ2v) is 6.74. The van der Waals surface area contributed by atoms with E-state index in [-0.39, 0.29) is 18.5 Å². The maximum Gasteiger partial charge on any atom is 0.162 e. The minimum Gasteiger partial charge on any atom is -0.359 e. The fraction of sp³-hybridized carbons (Fsp3) is 0.667. The van der Waals surface area contributed by atoms with Gasteiger partial charge in [0.2, 0.25) is 0 Å². The fourth-order valence-electron chi connectivity index (χ4n) is 3.44. The van der Waals surface area contributed by atoms with Crippen molar-refractivity contribution in [1.29, 1.82) is 0 Å². The summed E-state index contributed by atoms with van der Waals surface area (Å²) in [5.74, 6) is 0.727. The molecule has 2 atom stereocenters. The van der Waals surface area contributed by atoms with Crippen LogP contribution in [0, 0.1) is 11.8 Å². The van der Waals surface area contributed by atoms with E-state index < -0.39 is 5.60 Å². The van der Waals surface area contributed by atoms with Crippen molar-refractivity contribution in [2.24, 2.45) is 11.8 Å². The molecule has 1 aliphatic carbocycles. The Kier molecular flexibility index (Phi) is 5.35. The van der Waals surface area contributed by atoms with Crippen LogP contribution in [0.4, 0.5) is 0 Å². The number of nitrogens with zero attached hydrogens (tertiary/aromatic N) is 1. The van der Waals surface area contributed by atoms with Crippen molar-refractivity contribution in [3.05, 3.63) is 29.1 Å². The Labute approximate surface area is 133 Å². The molecule has 22 heavy (non-hydrogen) atoms. The molecule has 0 aliphatic heterocycles. The molecule has 1 aromatic rings. The van der Waals surface area contributed by atoms with Crippen LogP contribution in [0.3, 0.4) is 0 Å². The molecule has 0 amide bonds. The van der Waals surface area contributed by atoms with Crippen LogP contribution in [0.15, 0.2) is 12.3 Å². The fourth-order valence-corrected chi connectivity index (χ4v) is 3.44. The molecule has 0 bridgehead atoms. The van der Waals surface area contributed by atoms with Gasteiger partial charge in [0.1, 0.15) is 12.4 Å². The van der Waals surface area contributed by atoms with Crippen LogP contribution in [0.5, 0.6) is 0 Å². The van der Waals surface area contributed by atoms with Crippen LogP contribution in [-0.4, -0.2) is 30.3 Å². The first-order chi connectivity index (χ1) is 10.4. The molecule has 1 aromatic heterocycles. The zero-order valence-electron chi connectivity index (χ0n) is 14.3. The number of hydrogen-bond donors (Lipinski definition) is 0. The van der Waals surface area contributed by atoms with E-state index in [1.54, 1.807) is 14.0 Å². The highest BCUT2D eigenvalue weighted by atomic mass is 16.7. The summed E-state index contributed by atoms with van der Waals surface area (Å²) in [5, 5.41) is 0. The van der Waals surface area contributed by atoms with Crippen molar-refractivity contribution >= 4 is 5.78 Å². The third-order valence-corrected chi connectivity index (χ3v) is 4.76. The second-order valence-electron chi connectivity index (χ2n) is 6.74. The molecule has 0 aromatic carbocycles. The minimum atomic E-state index is -0.871. The summed E-state index contributed by atoms with van der Waals surface area (Å²) in [6.07, 6.45) is 4.50. The zero-order valence-corrected chi connectivity index (χ0v) is 14.3. The van der Waals surface area contributed by atoms with E-state index in [2.05, 4.69) is 18.0 Å². The van der Waals surface area contributed by atoms with Gasteiger partial charge in [-0.2, -0.15) is 0 Å². The van der Waals surface area contributed by atoms with E-state index in [1.165, 1.54) is 11.1 Å². The number of Topliss-reactive ketones (excluding diaryl/α,β-unsaturated/α-hetero) is 1. The normalized spacial score (nSPS) is 20.0. The summed E-state index contributed by atoms with van der Waals surface area (Å²) >= 11 is 0. The number of methoxy groups -OCH3 is 1. The Morgan fingerprint density at radius 2 is 2.18 bits per heavy atom. The van der Waals surface area contributed by atoms with Gasteiger partial charge in [-0.3, -0.25) is 9.78 Å². The first kappa shape index (κ1) is 17.1. The molecule has 4 heteroatoms. The summed E-state index contributed by atoms with van der Waals surface area (Å²) in [7, 11) is 1.57. The van der Waals surface area contributed by atoms with Crippen LogP contribution in [0.1, 0.15) is 44.5 Å². The van der Waals surface area contributed by atoms with Crippen LogP contribution in [0.25, 0.3) is 0 Å². The van der Waals surface area contributed by atoms with E-state index >= 15 is 0 Å². The van der Waals surface area contributed by atoms with Gasteiger partial charge in [-0.25, -0.2) is 0 Å². The molecule has 2 rings (SSSR count). The number of fused-ring (bicyclic) bond motifs is 1. The number of carbonyl (C=O) groups is 1. The predicted molar refractivity (Wildman–Crippen MR) is 85.7 cm³/mol. The number of rotatable bonds is 7. The van der Waals surface area contributed by atoms with Crippen molar-refractivity contribution in [3.8, 4) is 0 Å². The van der Waals surface area contributed by atoms with E-state index in [4.69, 9.17) is 9.47 Å². The number of ketones is 1. The van der Waals surface area contributed by atoms with Gasteiger partial charge in [-0.15, -0.1) is 0 Å². The monoisotopic (exact) mass is 305 g/mol. The zero-order chi connectivity index (χ0) is 16.3. The Morgan fingerprint density at radius 3 is 2.77 bits per heavy atom. The number of aromatic nitrogens is 1. The van der Waals surface area contributed by atoms with Gasteiger partial charge >= 0.3 is 0 Å². The molecule has 0 saturated carbocycles. The summed E-state index contributed by atoms with van der Waals surface area (Å²) < 4.78 is 10.9. The summed E-state index contributed by atoms with van der Waals surface area (Å²) in [4.78, 5) is 16.9. The third-order valence-electron chi connectivity index (χ3n) is 4.76. The third kappa shape index (κ3) is 3.23. The van der Waals surface area contributed by atoms with Gasteiger partial charge in [0, 0.05) is 25.4 Å². The minimum absolute atomic E-state index is 0.0324. The molecule has 0 saturated heterocycles. The van der Waals surface area contributed by atoms with E-state index in [0.29, 0.717) is 12.3 Å². The maximum absolute atomic E-state index is 12.4. The molecule has 1 aliphatic rings. The lowest BCUT2D eigenvalue weighted by molar-refractivity contribution is -0.171. The van der Waals surface area contributed by atoms with Crippen molar-refractivity contribution in [2.45, 2.75) is 52.6 Å². The largest absolute Gasteiger partial charge is 0.359 e. The van der Waals surface area contributed by atoms with Crippen molar-refractivity contribution in [1.82, 2.24) is 4.98 Å². The van der Waals surface area contributed by atoms with Gasteiger partial charge in [-0.05, 0) is 48.8 Å². The van der Waals surface area contributed by atoms with Gasteiger partial charge in [0.05, 0.1) is 0 Å². The maximum atomic E-state index is 12.4. The Bertz CT molecular complexity index is 541. The van der Waals surface area contributed by atoms with Crippen LogP contribution in [-0.2, 0) is 33.5 Å². The van der Waals surface area contributed by atoms with Gasteiger partial charge in [0.15, 0.2) is 5.78 Å². The second kappa shape index (κ2) is 6.88. The molecule has 122 valence electrons. The molecule has 0 fully saturated rings. The lowest BCUT2D eigenvalue weighted by Gasteiger charge is -2.35. The van der Waals surface area contributed by atoms with Crippen LogP contribution >= 0.6 is 0 Å². The van der Waals surface area contributed by atoms with E-state index in [1.807, 2.05) is 20.0 Å². The van der Waals surface area contributed by atoms with Crippen LogP contribution in [0.2, 0.25) is 0 Å². The Hall–Kier alpha value is -1.26. The molecule has 1 heterocycles. The first-order valence-corrected chi connectivity index (χ1v) is 8.00. The number of ether oxygens (including phenoxy) is 2. The predicted octanol–water partition coefficient (Wildman–Crippen LogP) is 2.96. The highest BCUT2D eigenvalue weighted by molar-refractivity contribution is 5.85. The summed E-state index contributed by atoms with van der Waals surface area (Å²) in [6.45, 7) is 8.00. The number of hydrogen-bond acceptors (Lipinski definition) is 4. The number of pyridine rings is 1. The molecule has 0 N–H and O–H groups in total. The van der Waals surface area contributed by atoms with Gasteiger partial charge in [-0.1, -0.05) is 20.8 Å². The molecule has 2 unspecified atom stereocenters. The molecule has 0 spiro atoms. The topological polar surface area (TPSA) is 48.4 Å². The lowest BCUT2D eigenvalue weighted by Crippen LogP contribution is -2.48. The first-order valence-electron chi connectivity index (χ1n) is 8.00. The quantitative estimate of drug-likeness (QED) is 0.727. The van der Waals surface area contributed by atoms with E-state index in [9.17, 15) is 4.79 Å². The average Bonchev–Trinajstić information content (AvgIpc) is 2.83. The molecule has 4 nitrogen and oxygen atoms in total. The number of carbonyl (C=O) groups excluding carboxylic acids is 1. The smallest absolute Gasteiger partial charge is 0.162 e. The van der Waals surface area contributed by atoms with E-state index in [0.717, 1.165) is 18.5 Å². The van der Waals surface area contributed by atoms with Crippen molar-refractivity contribution in [2.75, 3.05) is 13.9 Å². The van der Waals surface area contributed by atoms with Gasteiger partial charge < -0.3 is 9.47 Å². The molecular formula is C18H27NO3. The highest BCUT2D eigenvalue weighted by Crippen LogP contribution is 2.33. The van der Waals surface area contributed by atoms with Crippen LogP contribution < -0.4 is 0 Å². The highest BCUT2D eigenvalue weighted by Gasteiger charge is 2.41. The molecule has 0 radical (unpaired) electrons. The summed E-state index contributed by atoms with van der Waals surface area (Å²) in [6, 6.07) is 2.10. The molecular weight excluding hydrogens is 278 g/mol. The standard InChI is InChI=1S/C18H27NO3/c1-12(2)18(14(4)20,22-11-21-5)10-17-16-9-13(3)8-15(16)6-7-19-17/h6-7,12-13H,8-11H2,1-5H3. The van der Waals surface area contributed by atoms with Crippen molar-refractivity contribution in [3.63, 3.8) is 0 Å². The van der Waals surface area contributed by atoms with Gasteiger partial charge in [0.25, 0.3) is 0 Å². The lowest BCUT2D eigenvalue weighted by atomic mass is 9.81. The van der Waals surface area contributed by atoms with Crippen molar-refractivity contribution < 1.29 is 14.3 Å². The Morgan fingerprint density at radius 1 is 1.45 bits per heavy atom. The SMILES string of the molecule is COCOC(Cc1nccc2c1CC(C)C2)(C(C)=O)C(C)C. The Balaban J connectivity index is 2.36. The summed E-state index contributed by atoms with van der Waals surface area (Å²) in [5.41, 5.74) is 2.80.